The van der Waals surface area contributed by atoms with Gasteiger partial charge in [-0.05, 0) is 38.9 Å². The highest BCUT2D eigenvalue weighted by atomic mass is 15.3. The van der Waals surface area contributed by atoms with Crippen LogP contribution in [0.1, 0.15) is 17.7 Å². The zero-order valence-corrected chi connectivity index (χ0v) is 13.4. The van der Waals surface area contributed by atoms with Crippen LogP contribution in [0.2, 0.25) is 0 Å². The smallest absolute Gasteiger partial charge is 0.158 e. The third-order valence-corrected chi connectivity index (χ3v) is 4.46. The molecule has 23 heavy (non-hydrogen) atoms. The molecule has 6 nitrogen and oxygen atoms in total. The number of aryl methyl sites for hydroxylation is 1. The number of nitrogens with one attached hydrogen (secondary N) is 2. The van der Waals surface area contributed by atoms with Crippen molar-refractivity contribution in [2.24, 2.45) is 0 Å². The van der Waals surface area contributed by atoms with E-state index >= 15 is 0 Å². The number of aromatic nitrogens is 4. The number of anilines is 1. The van der Waals surface area contributed by atoms with Crippen molar-refractivity contribution in [2.75, 3.05) is 18.4 Å². The molecular weight excluding hydrogens is 288 g/mol. The van der Waals surface area contributed by atoms with Crippen molar-refractivity contribution in [3.8, 4) is 11.3 Å². The summed E-state index contributed by atoms with van der Waals surface area (Å²) in [6.45, 7) is 6.19. The maximum absolute atomic E-state index is 4.77. The van der Waals surface area contributed by atoms with Crippen molar-refractivity contribution >= 4 is 11.5 Å². The lowest BCUT2D eigenvalue weighted by Crippen LogP contribution is -2.24. The summed E-state index contributed by atoms with van der Waals surface area (Å²) in [4.78, 5) is 8.76. The largest absolute Gasteiger partial charge is 0.366 e. The first-order valence-corrected chi connectivity index (χ1v) is 7.97. The Morgan fingerprint density at radius 2 is 2.09 bits per heavy atom. The molecule has 0 aliphatic carbocycles. The van der Waals surface area contributed by atoms with Gasteiger partial charge in [0.15, 0.2) is 5.65 Å². The molecule has 0 aromatic carbocycles. The molecular formula is C17H20N6. The van der Waals surface area contributed by atoms with Crippen LogP contribution in [0.4, 0.5) is 5.82 Å². The molecule has 0 amide bonds. The number of pyridine rings is 1. The second kappa shape index (κ2) is 5.62. The van der Waals surface area contributed by atoms with Crippen LogP contribution < -0.4 is 10.6 Å². The minimum atomic E-state index is 0.437. The van der Waals surface area contributed by atoms with Crippen molar-refractivity contribution < 1.29 is 0 Å². The van der Waals surface area contributed by atoms with E-state index in [0.717, 1.165) is 53.5 Å². The molecule has 1 aliphatic heterocycles. The lowest BCUT2D eigenvalue weighted by molar-refractivity contribution is 0.771. The van der Waals surface area contributed by atoms with Gasteiger partial charge in [-0.1, -0.05) is 0 Å². The molecule has 118 valence electrons. The minimum absolute atomic E-state index is 0.437. The van der Waals surface area contributed by atoms with E-state index < -0.39 is 0 Å². The Hall–Kier alpha value is -2.47. The van der Waals surface area contributed by atoms with E-state index in [4.69, 9.17) is 5.10 Å². The Balaban J connectivity index is 1.83. The van der Waals surface area contributed by atoms with Crippen LogP contribution >= 0.6 is 0 Å². The molecule has 1 atom stereocenters. The topological polar surface area (TPSA) is 67.1 Å². The second-order valence-corrected chi connectivity index (χ2v) is 6.04. The van der Waals surface area contributed by atoms with Crippen molar-refractivity contribution in [2.45, 2.75) is 26.3 Å². The van der Waals surface area contributed by atoms with Crippen LogP contribution in [-0.2, 0) is 0 Å². The second-order valence-electron chi connectivity index (χ2n) is 6.04. The Morgan fingerprint density at radius 1 is 1.26 bits per heavy atom. The Bertz CT molecular complexity index is 833. The number of fused-ring (bicyclic) bond motifs is 1. The summed E-state index contributed by atoms with van der Waals surface area (Å²) in [5.41, 5.74) is 5.01. The molecule has 3 aromatic heterocycles. The average Bonchev–Trinajstić information content (AvgIpc) is 3.22. The monoisotopic (exact) mass is 308 g/mol. The molecule has 6 heteroatoms. The third kappa shape index (κ3) is 2.55. The first-order valence-electron chi connectivity index (χ1n) is 7.97. The molecule has 1 saturated heterocycles. The molecule has 4 rings (SSSR count). The van der Waals surface area contributed by atoms with Gasteiger partial charge in [-0.2, -0.15) is 9.61 Å². The molecule has 1 fully saturated rings. The molecule has 1 unspecified atom stereocenters. The predicted octanol–water partition coefficient (Wildman–Crippen LogP) is 2.18. The molecule has 0 radical (unpaired) electrons. The van der Waals surface area contributed by atoms with Gasteiger partial charge in [0.2, 0.25) is 0 Å². The van der Waals surface area contributed by atoms with E-state index in [1.165, 1.54) is 0 Å². The van der Waals surface area contributed by atoms with Gasteiger partial charge in [0, 0.05) is 47.9 Å². The van der Waals surface area contributed by atoms with Gasteiger partial charge in [-0.3, -0.25) is 4.98 Å². The van der Waals surface area contributed by atoms with Crippen molar-refractivity contribution in [3.63, 3.8) is 0 Å². The Morgan fingerprint density at radius 3 is 2.83 bits per heavy atom. The van der Waals surface area contributed by atoms with Crippen LogP contribution in [0.25, 0.3) is 16.9 Å². The first-order chi connectivity index (χ1) is 11.2. The molecule has 0 saturated carbocycles. The fourth-order valence-electron chi connectivity index (χ4n) is 3.01. The zero-order chi connectivity index (χ0) is 15.8. The van der Waals surface area contributed by atoms with Crippen LogP contribution in [-0.4, -0.2) is 38.7 Å². The van der Waals surface area contributed by atoms with Gasteiger partial charge in [-0.25, -0.2) is 4.98 Å². The van der Waals surface area contributed by atoms with Gasteiger partial charge in [0.25, 0.3) is 0 Å². The van der Waals surface area contributed by atoms with E-state index in [1.54, 1.807) is 12.4 Å². The normalized spacial score (nSPS) is 17.7. The van der Waals surface area contributed by atoms with Gasteiger partial charge >= 0.3 is 0 Å². The molecule has 4 heterocycles. The van der Waals surface area contributed by atoms with Gasteiger partial charge in [0.05, 0.1) is 5.69 Å². The van der Waals surface area contributed by atoms with Gasteiger partial charge in [0.1, 0.15) is 5.82 Å². The van der Waals surface area contributed by atoms with Crippen LogP contribution in [0.15, 0.2) is 30.6 Å². The summed E-state index contributed by atoms with van der Waals surface area (Å²) in [7, 11) is 0. The lowest BCUT2D eigenvalue weighted by Gasteiger charge is -2.17. The van der Waals surface area contributed by atoms with Crippen molar-refractivity contribution in [3.05, 3.63) is 41.9 Å². The van der Waals surface area contributed by atoms with E-state index in [0.29, 0.717) is 6.04 Å². The molecule has 1 aliphatic rings. The standard InChI is InChI=1S/C17H20N6/c1-11-12(2)20-16-9-15(13-3-6-18-7-4-13)22-23(16)17(11)21-14-5-8-19-10-14/h3-4,6-7,9,14,19,21H,5,8,10H2,1-2H3. The number of rotatable bonds is 3. The average molecular weight is 308 g/mol. The van der Waals surface area contributed by atoms with E-state index in [1.807, 2.05) is 29.6 Å². The zero-order valence-electron chi connectivity index (χ0n) is 13.4. The SMILES string of the molecule is Cc1nc2cc(-c3ccncc3)nn2c(NC2CCNC2)c1C. The van der Waals surface area contributed by atoms with Crippen LogP contribution in [0.5, 0.6) is 0 Å². The molecule has 3 aromatic rings. The summed E-state index contributed by atoms with van der Waals surface area (Å²) >= 11 is 0. The number of nitrogens with zero attached hydrogens (tertiary/aromatic N) is 4. The van der Waals surface area contributed by atoms with Crippen LogP contribution in [0, 0.1) is 13.8 Å². The Labute approximate surface area is 135 Å². The fourth-order valence-corrected chi connectivity index (χ4v) is 3.01. The van der Waals surface area contributed by atoms with E-state index in [-0.39, 0.29) is 0 Å². The summed E-state index contributed by atoms with van der Waals surface area (Å²) in [5, 5.41) is 11.8. The quantitative estimate of drug-likeness (QED) is 0.776. The third-order valence-electron chi connectivity index (χ3n) is 4.46. The minimum Gasteiger partial charge on any atom is -0.366 e. The summed E-state index contributed by atoms with van der Waals surface area (Å²) in [6, 6.07) is 6.40. The van der Waals surface area contributed by atoms with E-state index in [2.05, 4.69) is 27.5 Å². The lowest BCUT2D eigenvalue weighted by atomic mass is 10.2. The molecule has 0 spiro atoms. The first kappa shape index (κ1) is 14.1. The summed E-state index contributed by atoms with van der Waals surface area (Å²) in [5.74, 6) is 1.04. The highest BCUT2D eigenvalue weighted by molar-refractivity contribution is 5.66. The summed E-state index contributed by atoms with van der Waals surface area (Å²) in [6.07, 6.45) is 4.69. The maximum atomic E-state index is 4.77. The van der Waals surface area contributed by atoms with Crippen molar-refractivity contribution in [1.29, 1.82) is 0 Å². The highest BCUT2D eigenvalue weighted by Crippen LogP contribution is 2.25. The molecule has 0 bridgehead atoms. The van der Waals surface area contributed by atoms with Gasteiger partial charge < -0.3 is 10.6 Å². The number of hydrogen-bond donors (Lipinski definition) is 2. The maximum Gasteiger partial charge on any atom is 0.158 e. The highest BCUT2D eigenvalue weighted by Gasteiger charge is 2.19. The van der Waals surface area contributed by atoms with Crippen molar-refractivity contribution in [1.82, 2.24) is 24.9 Å². The van der Waals surface area contributed by atoms with Crippen LogP contribution in [0.3, 0.4) is 0 Å². The van der Waals surface area contributed by atoms with Gasteiger partial charge in [-0.15, -0.1) is 0 Å². The number of hydrogen-bond acceptors (Lipinski definition) is 5. The van der Waals surface area contributed by atoms with E-state index in [9.17, 15) is 0 Å². The Kier molecular flexibility index (Phi) is 3.46. The predicted molar refractivity (Wildman–Crippen MR) is 90.6 cm³/mol. The fraction of sp³-hybridized carbons (Fsp3) is 0.353. The summed E-state index contributed by atoms with van der Waals surface area (Å²) < 4.78 is 1.93. The molecule has 2 N–H and O–H groups in total.